The number of carbonyl (C=O) groups is 1. The zero-order chi connectivity index (χ0) is 13.7. The third-order valence-corrected chi connectivity index (χ3v) is 3.95. The summed E-state index contributed by atoms with van der Waals surface area (Å²) < 4.78 is 0. The van der Waals surface area contributed by atoms with Gasteiger partial charge in [0.2, 0.25) is 5.91 Å². The van der Waals surface area contributed by atoms with Crippen LogP contribution in [0.25, 0.3) is 0 Å². The molecule has 0 aromatic heterocycles. The zero-order valence-electron chi connectivity index (χ0n) is 12.2. The van der Waals surface area contributed by atoms with Crippen LogP contribution in [-0.2, 0) is 11.2 Å². The summed E-state index contributed by atoms with van der Waals surface area (Å²) in [5.41, 5.74) is 8.25. The van der Waals surface area contributed by atoms with Crippen molar-refractivity contribution in [3.8, 4) is 0 Å². The van der Waals surface area contributed by atoms with Gasteiger partial charge in [-0.25, -0.2) is 0 Å². The van der Waals surface area contributed by atoms with Crippen LogP contribution in [0.1, 0.15) is 30.4 Å². The predicted octanol–water partition coefficient (Wildman–Crippen LogP) is 2.55. The van der Waals surface area contributed by atoms with Crippen LogP contribution in [0, 0.1) is 12.8 Å². The maximum Gasteiger partial charge on any atom is 0.222 e. The Morgan fingerprint density at radius 1 is 1.35 bits per heavy atom. The van der Waals surface area contributed by atoms with Crippen molar-refractivity contribution in [2.45, 2.75) is 32.6 Å². The lowest BCUT2D eigenvalue weighted by atomic mass is 10.1. The van der Waals surface area contributed by atoms with E-state index in [0.717, 1.165) is 32.4 Å². The predicted molar refractivity (Wildman–Crippen MR) is 85.1 cm³/mol. The number of likely N-dealkylation sites (tertiary alicyclic amines) is 1. The minimum Gasteiger partial charge on any atom is -0.342 e. The van der Waals surface area contributed by atoms with Crippen molar-refractivity contribution in [3.63, 3.8) is 0 Å². The van der Waals surface area contributed by atoms with Gasteiger partial charge in [0.25, 0.3) is 0 Å². The molecular formula is C16H25ClN2O. The first-order chi connectivity index (χ1) is 9.19. The van der Waals surface area contributed by atoms with E-state index >= 15 is 0 Å². The summed E-state index contributed by atoms with van der Waals surface area (Å²) in [6, 6.07) is 8.56. The standard InChI is InChI=1S/C16H24N2O.ClH/c1-13-5-7-14(8-6-13)3-2-4-16(19)18-10-9-15(11-17)12-18;/h5-8,15H,2-4,9-12,17H2,1H3;1H. The number of hydrogen-bond acceptors (Lipinski definition) is 2. The molecule has 1 aromatic rings. The monoisotopic (exact) mass is 296 g/mol. The summed E-state index contributed by atoms with van der Waals surface area (Å²) in [7, 11) is 0. The second-order valence-corrected chi connectivity index (χ2v) is 5.57. The van der Waals surface area contributed by atoms with Crippen LogP contribution in [0.5, 0.6) is 0 Å². The first-order valence-corrected chi connectivity index (χ1v) is 7.22. The summed E-state index contributed by atoms with van der Waals surface area (Å²) in [5.74, 6) is 0.809. The third kappa shape index (κ3) is 4.80. The Labute approximate surface area is 127 Å². The zero-order valence-corrected chi connectivity index (χ0v) is 13.0. The number of hydrogen-bond donors (Lipinski definition) is 1. The molecule has 1 fully saturated rings. The molecule has 20 heavy (non-hydrogen) atoms. The fourth-order valence-electron chi connectivity index (χ4n) is 2.61. The maximum absolute atomic E-state index is 12.0. The lowest BCUT2D eigenvalue weighted by Crippen LogP contribution is -2.29. The molecule has 1 aliphatic heterocycles. The molecule has 1 aliphatic rings. The van der Waals surface area contributed by atoms with Gasteiger partial charge in [-0.05, 0) is 44.2 Å². The number of nitrogens with two attached hydrogens (primary N) is 1. The van der Waals surface area contributed by atoms with E-state index in [4.69, 9.17) is 5.73 Å². The fraction of sp³-hybridized carbons (Fsp3) is 0.562. The van der Waals surface area contributed by atoms with Gasteiger partial charge in [-0.3, -0.25) is 4.79 Å². The van der Waals surface area contributed by atoms with Crippen LogP contribution in [0.2, 0.25) is 0 Å². The minimum absolute atomic E-state index is 0. The number of aryl methyl sites for hydroxylation is 2. The van der Waals surface area contributed by atoms with Crippen LogP contribution in [0.3, 0.4) is 0 Å². The van der Waals surface area contributed by atoms with Gasteiger partial charge < -0.3 is 10.6 Å². The lowest BCUT2D eigenvalue weighted by Gasteiger charge is -2.16. The van der Waals surface area contributed by atoms with Crippen molar-refractivity contribution < 1.29 is 4.79 Å². The van der Waals surface area contributed by atoms with Crippen molar-refractivity contribution in [1.82, 2.24) is 4.90 Å². The fourth-order valence-corrected chi connectivity index (χ4v) is 2.61. The van der Waals surface area contributed by atoms with Gasteiger partial charge in [0.15, 0.2) is 0 Å². The topological polar surface area (TPSA) is 46.3 Å². The number of nitrogens with zero attached hydrogens (tertiary/aromatic N) is 1. The van der Waals surface area contributed by atoms with E-state index in [9.17, 15) is 4.79 Å². The number of rotatable bonds is 5. The van der Waals surface area contributed by atoms with Crippen molar-refractivity contribution in [2.24, 2.45) is 11.7 Å². The van der Waals surface area contributed by atoms with Gasteiger partial charge in [-0.1, -0.05) is 29.8 Å². The third-order valence-electron chi connectivity index (χ3n) is 3.95. The Kier molecular flexibility index (Phi) is 7.03. The van der Waals surface area contributed by atoms with E-state index in [1.807, 2.05) is 4.90 Å². The molecule has 4 heteroatoms. The molecule has 0 radical (unpaired) electrons. The van der Waals surface area contributed by atoms with Crippen LogP contribution in [-0.4, -0.2) is 30.4 Å². The van der Waals surface area contributed by atoms with Gasteiger partial charge in [0.1, 0.15) is 0 Å². The maximum atomic E-state index is 12.0. The highest BCUT2D eigenvalue weighted by molar-refractivity contribution is 5.85. The number of amides is 1. The number of carbonyl (C=O) groups excluding carboxylic acids is 1. The molecule has 1 saturated heterocycles. The lowest BCUT2D eigenvalue weighted by molar-refractivity contribution is -0.130. The highest BCUT2D eigenvalue weighted by Gasteiger charge is 2.24. The molecule has 0 saturated carbocycles. The number of halogens is 1. The van der Waals surface area contributed by atoms with Gasteiger partial charge >= 0.3 is 0 Å². The van der Waals surface area contributed by atoms with Crippen LogP contribution < -0.4 is 5.73 Å². The molecule has 1 heterocycles. The largest absolute Gasteiger partial charge is 0.342 e. The molecule has 3 nitrogen and oxygen atoms in total. The van der Waals surface area contributed by atoms with Crippen LogP contribution in [0.15, 0.2) is 24.3 Å². The van der Waals surface area contributed by atoms with E-state index in [1.165, 1.54) is 11.1 Å². The van der Waals surface area contributed by atoms with E-state index in [2.05, 4.69) is 31.2 Å². The molecule has 1 unspecified atom stereocenters. The average molecular weight is 297 g/mol. The van der Waals surface area contributed by atoms with Crippen molar-refractivity contribution >= 4 is 18.3 Å². The van der Waals surface area contributed by atoms with Crippen molar-refractivity contribution in [3.05, 3.63) is 35.4 Å². The van der Waals surface area contributed by atoms with Crippen LogP contribution in [0.4, 0.5) is 0 Å². The molecule has 1 aromatic carbocycles. The normalized spacial score (nSPS) is 17.9. The molecule has 0 aliphatic carbocycles. The van der Waals surface area contributed by atoms with E-state index in [-0.39, 0.29) is 12.4 Å². The highest BCUT2D eigenvalue weighted by atomic mass is 35.5. The van der Waals surface area contributed by atoms with E-state index in [1.54, 1.807) is 0 Å². The molecular weight excluding hydrogens is 272 g/mol. The van der Waals surface area contributed by atoms with Crippen molar-refractivity contribution in [2.75, 3.05) is 19.6 Å². The smallest absolute Gasteiger partial charge is 0.222 e. The molecule has 0 bridgehead atoms. The summed E-state index contributed by atoms with van der Waals surface area (Å²) in [4.78, 5) is 14.0. The Morgan fingerprint density at radius 2 is 2.05 bits per heavy atom. The second kappa shape index (κ2) is 8.28. The summed E-state index contributed by atoms with van der Waals surface area (Å²) in [6.45, 7) is 4.55. The average Bonchev–Trinajstić information content (AvgIpc) is 2.90. The van der Waals surface area contributed by atoms with Gasteiger partial charge in [-0.15, -0.1) is 12.4 Å². The van der Waals surface area contributed by atoms with E-state index in [0.29, 0.717) is 24.8 Å². The Balaban J connectivity index is 0.00000200. The SMILES string of the molecule is Cc1ccc(CCCC(=O)N2CCC(CN)C2)cc1.Cl. The quantitative estimate of drug-likeness (QED) is 0.907. The minimum atomic E-state index is 0. The van der Waals surface area contributed by atoms with Gasteiger partial charge in [0.05, 0.1) is 0 Å². The second-order valence-electron chi connectivity index (χ2n) is 5.57. The molecule has 0 spiro atoms. The Morgan fingerprint density at radius 3 is 2.65 bits per heavy atom. The molecule has 2 N–H and O–H groups in total. The summed E-state index contributed by atoms with van der Waals surface area (Å²) >= 11 is 0. The van der Waals surface area contributed by atoms with Gasteiger partial charge in [-0.2, -0.15) is 0 Å². The summed E-state index contributed by atoms with van der Waals surface area (Å²) in [5, 5.41) is 0. The highest BCUT2D eigenvalue weighted by Crippen LogP contribution is 2.16. The Hall–Kier alpha value is -1.06. The van der Waals surface area contributed by atoms with Crippen molar-refractivity contribution in [1.29, 1.82) is 0 Å². The first kappa shape index (κ1) is 17.0. The summed E-state index contributed by atoms with van der Waals surface area (Å²) in [6.07, 6.45) is 3.65. The first-order valence-electron chi connectivity index (χ1n) is 7.22. The molecule has 112 valence electrons. The van der Waals surface area contributed by atoms with E-state index < -0.39 is 0 Å². The molecule has 1 atom stereocenters. The molecule has 1 amide bonds. The number of benzene rings is 1. The van der Waals surface area contributed by atoms with Gasteiger partial charge in [0, 0.05) is 19.5 Å². The van der Waals surface area contributed by atoms with Crippen LogP contribution >= 0.6 is 12.4 Å². The Bertz CT molecular complexity index is 419. The molecule has 2 rings (SSSR count).